The predicted octanol–water partition coefficient (Wildman–Crippen LogP) is 1.08. The first kappa shape index (κ1) is 16.1. The van der Waals surface area contributed by atoms with E-state index in [-0.39, 0.29) is 12.5 Å². The number of hydrogen-bond acceptors (Lipinski definition) is 4. The molecule has 0 radical (unpaired) electrons. The van der Waals surface area contributed by atoms with Crippen molar-refractivity contribution in [2.45, 2.75) is 12.8 Å². The second kappa shape index (κ2) is 6.64. The van der Waals surface area contributed by atoms with Crippen molar-refractivity contribution in [1.29, 1.82) is 0 Å². The van der Waals surface area contributed by atoms with Crippen molar-refractivity contribution < 1.29 is 18.3 Å². The van der Waals surface area contributed by atoms with Crippen LogP contribution in [-0.2, 0) is 10.2 Å². The molecule has 118 valence electrons. The molecule has 1 saturated heterocycles. The Bertz CT molecular complexity index is 576. The molecule has 0 aromatic heterocycles. The van der Waals surface area contributed by atoms with E-state index in [1.807, 2.05) is 0 Å². The van der Waals surface area contributed by atoms with E-state index in [9.17, 15) is 13.5 Å². The molecule has 2 rings (SSSR count). The van der Waals surface area contributed by atoms with Gasteiger partial charge in [-0.1, -0.05) is 6.07 Å². The zero-order valence-corrected chi connectivity index (χ0v) is 13.2. The Morgan fingerprint density at radius 1 is 1.48 bits per heavy atom. The molecule has 21 heavy (non-hydrogen) atoms. The Balaban J connectivity index is 2.21. The van der Waals surface area contributed by atoms with Gasteiger partial charge in [-0.15, -0.1) is 0 Å². The lowest BCUT2D eigenvalue weighted by molar-refractivity contribution is 0.165. The second-order valence-corrected chi connectivity index (χ2v) is 7.19. The molecular weight excluding hydrogens is 292 g/mol. The SMILES string of the molecule is COc1cccc(N(C)S(=O)(=O)N2CCCC(CO)C2)c1. The summed E-state index contributed by atoms with van der Waals surface area (Å²) in [7, 11) is -0.503. The fourth-order valence-corrected chi connectivity index (χ4v) is 3.98. The summed E-state index contributed by atoms with van der Waals surface area (Å²) in [4.78, 5) is 0. The lowest BCUT2D eigenvalue weighted by Crippen LogP contribution is -2.47. The van der Waals surface area contributed by atoms with Crippen LogP contribution < -0.4 is 9.04 Å². The molecule has 1 heterocycles. The first-order valence-corrected chi connectivity index (χ1v) is 8.37. The van der Waals surface area contributed by atoms with Crippen molar-refractivity contribution in [2.24, 2.45) is 5.92 Å². The van der Waals surface area contributed by atoms with Crippen molar-refractivity contribution in [3.8, 4) is 5.75 Å². The van der Waals surface area contributed by atoms with Gasteiger partial charge in [0.05, 0.1) is 12.8 Å². The molecule has 1 N–H and O–H groups in total. The summed E-state index contributed by atoms with van der Waals surface area (Å²) >= 11 is 0. The normalized spacial score (nSPS) is 20.2. The molecule has 1 atom stereocenters. The molecule has 1 aromatic carbocycles. The van der Waals surface area contributed by atoms with Crippen LogP contribution in [0.5, 0.6) is 5.75 Å². The van der Waals surface area contributed by atoms with Crippen molar-refractivity contribution in [2.75, 3.05) is 38.2 Å². The minimum atomic E-state index is -3.58. The number of benzene rings is 1. The quantitative estimate of drug-likeness (QED) is 0.883. The summed E-state index contributed by atoms with van der Waals surface area (Å²) in [6.45, 7) is 0.884. The van der Waals surface area contributed by atoms with Gasteiger partial charge in [0.25, 0.3) is 0 Å². The number of hydrogen-bond donors (Lipinski definition) is 1. The number of piperidine rings is 1. The second-order valence-electron chi connectivity index (χ2n) is 5.23. The van der Waals surface area contributed by atoms with Crippen molar-refractivity contribution >= 4 is 15.9 Å². The number of ether oxygens (including phenoxy) is 1. The summed E-state index contributed by atoms with van der Waals surface area (Å²) in [6, 6.07) is 6.94. The first-order valence-electron chi connectivity index (χ1n) is 6.98. The van der Waals surface area contributed by atoms with Gasteiger partial charge >= 0.3 is 10.2 Å². The summed E-state index contributed by atoms with van der Waals surface area (Å²) in [5.41, 5.74) is 0.556. The maximum absolute atomic E-state index is 12.7. The number of aliphatic hydroxyl groups excluding tert-OH is 1. The van der Waals surface area contributed by atoms with E-state index >= 15 is 0 Å². The van der Waals surface area contributed by atoms with E-state index in [1.165, 1.54) is 15.7 Å². The van der Waals surface area contributed by atoms with E-state index in [1.54, 1.807) is 31.4 Å². The van der Waals surface area contributed by atoms with Crippen LogP contribution in [0, 0.1) is 5.92 Å². The molecule has 0 spiro atoms. The van der Waals surface area contributed by atoms with Gasteiger partial charge in [0, 0.05) is 32.8 Å². The van der Waals surface area contributed by atoms with Gasteiger partial charge in [-0.05, 0) is 30.9 Å². The van der Waals surface area contributed by atoms with Gasteiger partial charge in [-0.25, -0.2) is 0 Å². The molecule has 0 amide bonds. The molecule has 1 unspecified atom stereocenters. The van der Waals surface area contributed by atoms with Crippen LogP contribution >= 0.6 is 0 Å². The average molecular weight is 314 g/mol. The third-order valence-electron chi connectivity index (χ3n) is 3.83. The van der Waals surface area contributed by atoms with E-state index in [4.69, 9.17) is 4.74 Å². The molecule has 1 aliphatic rings. The maximum atomic E-state index is 12.7. The Kier molecular flexibility index (Phi) is 5.08. The molecule has 1 aromatic rings. The Morgan fingerprint density at radius 2 is 2.24 bits per heavy atom. The summed E-state index contributed by atoms with van der Waals surface area (Å²) < 4.78 is 33.2. The van der Waals surface area contributed by atoms with E-state index in [2.05, 4.69) is 0 Å². The number of anilines is 1. The van der Waals surface area contributed by atoms with Gasteiger partial charge in [-0.2, -0.15) is 12.7 Å². The molecule has 0 bridgehead atoms. The van der Waals surface area contributed by atoms with Crippen molar-refractivity contribution in [3.05, 3.63) is 24.3 Å². The summed E-state index contributed by atoms with van der Waals surface area (Å²) in [6.07, 6.45) is 1.64. The molecule has 6 nitrogen and oxygen atoms in total. The fourth-order valence-electron chi connectivity index (χ4n) is 2.50. The molecule has 0 aliphatic carbocycles. The van der Waals surface area contributed by atoms with Crippen LogP contribution in [0.25, 0.3) is 0 Å². The Hall–Kier alpha value is -1.31. The summed E-state index contributed by atoms with van der Waals surface area (Å²) in [5.74, 6) is 0.633. The van der Waals surface area contributed by atoms with Gasteiger partial charge in [-0.3, -0.25) is 4.31 Å². The molecular formula is C14H22N2O4S. The third kappa shape index (κ3) is 3.48. The van der Waals surface area contributed by atoms with E-state index in [0.717, 1.165) is 12.8 Å². The summed E-state index contributed by atoms with van der Waals surface area (Å²) in [5, 5.41) is 9.25. The zero-order valence-electron chi connectivity index (χ0n) is 12.4. The lowest BCUT2D eigenvalue weighted by Gasteiger charge is -2.34. The van der Waals surface area contributed by atoms with Crippen LogP contribution in [0.2, 0.25) is 0 Å². The molecule has 1 aliphatic heterocycles. The predicted molar refractivity (Wildman–Crippen MR) is 81.7 cm³/mol. The van der Waals surface area contributed by atoms with Gasteiger partial charge in [0.2, 0.25) is 0 Å². The van der Waals surface area contributed by atoms with Gasteiger partial charge < -0.3 is 9.84 Å². The number of aliphatic hydroxyl groups is 1. The Labute approximate surface area is 126 Å². The highest BCUT2D eigenvalue weighted by atomic mass is 32.2. The van der Waals surface area contributed by atoms with E-state index < -0.39 is 10.2 Å². The van der Waals surface area contributed by atoms with Crippen LogP contribution in [-0.4, -0.2) is 51.7 Å². The van der Waals surface area contributed by atoms with Gasteiger partial charge in [0.1, 0.15) is 5.75 Å². The highest BCUT2D eigenvalue weighted by Crippen LogP contribution is 2.26. The van der Waals surface area contributed by atoms with Gasteiger partial charge in [0.15, 0.2) is 0 Å². The van der Waals surface area contributed by atoms with Crippen LogP contribution in [0.15, 0.2) is 24.3 Å². The highest BCUT2D eigenvalue weighted by molar-refractivity contribution is 7.90. The number of methoxy groups -OCH3 is 1. The smallest absolute Gasteiger partial charge is 0.303 e. The highest BCUT2D eigenvalue weighted by Gasteiger charge is 2.32. The van der Waals surface area contributed by atoms with Crippen molar-refractivity contribution in [1.82, 2.24) is 4.31 Å². The third-order valence-corrected chi connectivity index (χ3v) is 5.72. The molecule has 1 fully saturated rings. The monoisotopic (exact) mass is 314 g/mol. The van der Waals surface area contributed by atoms with Crippen LogP contribution in [0.3, 0.4) is 0 Å². The Morgan fingerprint density at radius 3 is 2.90 bits per heavy atom. The largest absolute Gasteiger partial charge is 0.497 e. The topological polar surface area (TPSA) is 70.1 Å². The number of rotatable bonds is 5. The minimum Gasteiger partial charge on any atom is -0.497 e. The minimum absolute atomic E-state index is 0.0206. The first-order chi connectivity index (χ1) is 9.98. The average Bonchev–Trinajstić information content (AvgIpc) is 2.54. The van der Waals surface area contributed by atoms with Crippen LogP contribution in [0.4, 0.5) is 5.69 Å². The molecule has 7 heteroatoms. The van der Waals surface area contributed by atoms with Crippen molar-refractivity contribution in [3.63, 3.8) is 0 Å². The number of nitrogens with zero attached hydrogens (tertiary/aromatic N) is 2. The zero-order chi connectivity index (χ0) is 15.5. The van der Waals surface area contributed by atoms with E-state index in [0.29, 0.717) is 24.5 Å². The standard InChI is InChI=1S/C14H22N2O4S/c1-15(13-6-3-7-14(9-13)20-2)21(18,19)16-8-4-5-12(10-16)11-17/h3,6-7,9,12,17H,4-5,8,10-11H2,1-2H3. The van der Waals surface area contributed by atoms with Crippen LogP contribution in [0.1, 0.15) is 12.8 Å². The maximum Gasteiger partial charge on any atom is 0.303 e. The lowest BCUT2D eigenvalue weighted by atomic mass is 10.0. The fraction of sp³-hybridized carbons (Fsp3) is 0.571. The molecule has 0 saturated carbocycles.